The molecule has 1 fully saturated rings. The molecule has 0 bridgehead atoms. The lowest BCUT2D eigenvalue weighted by Crippen LogP contribution is -2.25. The van der Waals surface area contributed by atoms with E-state index >= 15 is 0 Å². The van der Waals surface area contributed by atoms with Crippen molar-refractivity contribution in [3.63, 3.8) is 0 Å². The van der Waals surface area contributed by atoms with Crippen molar-refractivity contribution in [3.8, 4) is 11.5 Å². The summed E-state index contributed by atoms with van der Waals surface area (Å²) in [7, 11) is 0. The van der Waals surface area contributed by atoms with Crippen LogP contribution in [0.25, 0.3) is 0 Å². The second kappa shape index (κ2) is 10.8. The normalized spacial score (nSPS) is 18.9. The van der Waals surface area contributed by atoms with E-state index in [0.717, 1.165) is 44.2 Å². The second-order valence-electron chi connectivity index (χ2n) is 8.48. The van der Waals surface area contributed by atoms with Crippen molar-refractivity contribution in [1.82, 2.24) is 0 Å². The predicted octanol–water partition coefficient (Wildman–Crippen LogP) is 8.12. The Kier molecular flexibility index (Phi) is 8.30. The minimum Gasteiger partial charge on any atom is -0.429 e. The molecule has 0 amide bonds. The first-order valence-corrected chi connectivity index (χ1v) is 11.0. The van der Waals surface area contributed by atoms with Gasteiger partial charge in [0.25, 0.3) is 0 Å². The quantitative estimate of drug-likeness (QED) is 0.327. The van der Waals surface area contributed by atoms with Gasteiger partial charge in [0.15, 0.2) is 17.4 Å². The Balaban J connectivity index is 1.72. The van der Waals surface area contributed by atoms with Gasteiger partial charge < -0.3 is 9.47 Å². The van der Waals surface area contributed by atoms with Crippen LogP contribution in [0.3, 0.4) is 0 Å². The third kappa shape index (κ3) is 6.33. The van der Waals surface area contributed by atoms with Crippen LogP contribution in [-0.2, 0) is 12.5 Å². The molecule has 0 heterocycles. The maximum Gasteiger partial charge on any atom is 0.432 e. The molecule has 0 unspecified atom stereocenters. The summed E-state index contributed by atoms with van der Waals surface area (Å²) >= 11 is 0. The van der Waals surface area contributed by atoms with Gasteiger partial charge in [0.05, 0.1) is 0 Å². The fourth-order valence-corrected chi connectivity index (χ4v) is 4.34. The second-order valence-corrected chi connectivity index (χ2v) is 8.48. The Bertz CT molecular complexity index is 941. The molecule has 0 aromatic heterocycles. The summed E-state index contributed by atoms with van der Waals surface area (Å²) in [5.41, 5.74) is -1.52. The molecule has 2 aromatic carbocycles. The third-order valence-electron chi connectivity index (χ3n) is 6.20. The molecular formula is C24H24F8O2. The van der Waals surface area contributed by atoms with E-state index in [1.165, 1.54) is 0 Å². The first kappa shape index (κ1) is 26.1. The van der Waals surface area contributed by atoms with Gasteiger partial charge in [-0.05, 0) is 42.4 Å². The lowest BCUT2D eigenvalue weighted by molar-refractivity contribution is -0.189. The van der Waals surface area contributed by atoms with E-state index < -0.39 is 53.1 Å². The van der Waals surface area contributed by atoms with Gasteiger partial charge in [-0.15, -0.1) is 0 Å². The molecule has 2 nitrogen and oxygen atoms in total. The van der Waals surface area contributed by atoms with Gasteiger partial charge >= 0.3 is 12.7 Å². The first-order chi connectivity index (χ1) is 16.0. The van der Waals surface area contributed by atoms with Gasteiger partial charge in [-0.1, -0.05) is 39.0 Å². The Morgan fingerprint density at radius 2 is 1.38 bits per heavy atom. The Labute approximate surface area is 191 Å². The summed E-state index contributed by atoms with van der Waals surface area (Å²) in [6, 6.07) is 1.86. The van der Waals surface area contributed by atoms with Crippen molar-refractivity contribution < 1.29 is 44.6 Å². The molecule has 1 saturated carbocycles. The monoisotopic (exact) mass is 496 g/mol. The van der Waals surface area contributed by atoms with Crippen molar-refractivity contribution in [2.45, 2.75) is 64.6 Å². The smallest absolute Gasteiger partial charge is 0.429 e. The summed E-state index contributed by atoms with van der Waals surface area (Å²) in [4.78, 5) is 0. The van der Waals surface area contributed by atoms with Gasteiger partial charge in [0.2, 0.25) is 0 Å². The third-order valence-corrected chi connectivity index (χ3v) is 6.20. The van der Waals surface area contributed by atoms with Crippen LogP contribution >= 0.6 is 0 Å². The van der Waals surface area contributed by atoms with Crippen molar-refractivity contribution in [3.05, 3.63) is 58.7 Å². The molecule has 2 aromatic rings. The van der Waals surface area contributed by atoms with E-state index in [-0.39, 0.29) is 17.7 Å². The Hall–Kier alpha value is -2.52. The summed E-state index contributed by atoms with van der Waals surface area (Å²) < 4.78 is 118. The molecule has 0 atom stereocenters. The number of ether oxygens (including phenoxy) is 2. The topological polar surface area (TPSA) is 18.5 Å². The van der Waals surface area contributed by atoms with Crippen LogP contribution in [0.1, 0.15) is 56.6 Å². The zero-order valence-corrected chi connectivity index (χ0v) is 18.3. The van der Waals surface area contributed by atoms with E-state index in [1.54, 1.807) is 0 Å². The standard InChI is InChI=1S/C24H24F8O2/c1-2-13-3-5-14(6-4-13)7-8-15-9-17(25)21(18(26)10-15)24(31,32)34-16-11-19(27)22(20(28)12-16)33-23(29)30/h9-14,23H,2-8H2,1H3. The number of alkyl halides is 4. The highest BCUT2D eigenvalue weighted by Crippen LogP contribution is 2.38. The van der Waals surface area contributed by atoms with Crippen molar-refractivity contribution >= 4 is 0 Å². The highest BCUT2D eigenvalue weighted by atomic mass is 19.3. The molecule has 3 rings (SSSR count). The summed E-state index contributed by atoms with van der Waals surface area (Å²) in [5.74, 6) is -8.24. The zero-order chi connectivity index (χ0) is 25.0. The highest BCUT2D eigenvalue weighted by molar-refractivity contribution is 5.36. The molecule has 0 spiro atoms. The van der Waals surface area contributed by atoms with E-state index in [9.17, 15) is 35.1 Å². The van der Waals surface area contributed by atoms with E-state index in [2.05, 4.69) is 16.4 Å². The van der Waals surface area contributed by atoms with Gasteiger partial charge in [-0.2, -0.15) is 17.6 Å². The van der Waals surface area contributed by atoms with Gasteiger partial charge in [-0.25, -0.2) is 17.6 Å². The van der Waals surface area contributed by atoms with Crippen LogP contribution in [0.4, 0.5) is 35.1 Å². The number of hydrogen-bond donors (Lipinski definition) is 0. The minimum absolute atomic E-state index is 0.145. The lowest BCUT2D eigenvalue weighted by atomic mass is 9.78. The SMILES string of the molecule is CCC1CCC(CCc2cc(F)c(C(F)(F)Oc3cc(F)c(OC(F)F)c(F)c3)c(F)c2)CC1. The van der Waals surface area contributed by atoms with Crippen LogP contribution in [0.2, 0.25) is 0 Å². The number of halogens is 8. The lowest BCUT2D eigenvalue weighted by Gasteiger charge is -2.27. The van der Waals surface area contributed by atoms with Gasteiger partial charge in [-0.3, -0.25) is 0 Å². The molecule has 1 aliphatic rings. The van der Waals surface area contributed by atoms with Crippen LogP contribution in [0, 0.1) is 35.1 Å². The summed E-state index contributed by atoms with van der Waals surface area (Å²) in [6.07, 6.45) is 1.69. The van der Waals surface area contributed by atoms with Gasteiger partial charge in [0, 0.05) is 12.1 Å². The fraction of sp³-hybridized carbons (Fsp3) is 0.500. The number of rotatable bonds is 9. The van der Waals surface area contributed by atoms with Crippen LogP contribution in [0.5, 0.6) is 11.5 Å². The first-order valence-electron chi connectivity index (χ1n) is 11.0. The maximum absolute atomic E-state index is 14.5. The van der Waals surface area contributed by atoms with E-state index in [4.69, 9.17) is 0 Å². The molecule has 0 aliphatic heterocycles. The van der Waals surface area contributed by atoms with Crippen LogP contribution in [-0.4, -0.2) is 6.61 Å². The maximum atomic E-state index is 14.5. The van der Waals surface area contributed by atoms with Crippen molar-refractivity contribution in [1.29, 1.82) is 0 Å². The van der Waals surface area contributed by atoms with Crippen molar-refractivity contribution in [2.24, 2.45) is 11.8 Å². The van der Waals surface area contributed by atoms with E-state index in [1.807, 2.05) is 0 Å². The largest absolute Gasteiger partial charge is 0.432 e. The summed E-state index contributed by atoms with van der Waals surface area (Å²) in [5, 5.41) is 0. The molecule has 0 N–H and O–H groups in total. The number of aryl methyl sites for hydroxylation is 1. The molecular weight excluding hydrogens is 472 g/mol. The fourth-order valence-electron chi connectivity index (χ4n) is 4.34. The van der Waals surface area contributed by atoms with Gasteiger partial charge in [0.1, 0.15) is 22.9 Å². The minimum atomic E-state index is -4.64. The Morgan fingerprint density at radius 1 is 0.853 bits per heavy atom. The zero-order valence-electron chi connectivity index (χ0n) is 18.3. The van der Waals surface area contributed by atoms with Crippen molar-refractivity contribution in [2.75, 3.05) is 0 Å². The average Bonchev–Trinajstić information content (AvgIpc) is 2.74. The highest BCUT2D eigenvalue weighted by Gasteiger charge is 2.41. The Morgan fingerprint density at radius 3 is 1.88 bits per heavy atom. The predicted molar refractivity (Wildman–Crippen MR) is 108 cm³/mol. The molecule has 1 aliphatic carbocycles. The number of hydrogen-bond acceptors (Lipinski definition) is 2. The molecule has 188 valence electrons. The van der Waals surface area contributed by atoms with Crippen LogP contribution in [0.15, 0.2) is 24.3 Å². The average molecular weight is 496 g/mol. The van der Waals surface area contributed by atoms with Crippen LogP contribution < -0.4 is 9.47 Å². The molecule has 34 heavy (non-hydrogen) atoms. The molecule has 10 heteroatoms. The molecule has 0 radical (unpaired) electrons. The number of benzene rings is 2. The van der Waals surface area contributed by atoms with E-state index in [0.29, 0.717) is 24.7 Å². The summed E-state index contributed by atoms with van der Waals surface area (Å²) in [6.45, 7) is -1.42. The molecule has 0 saturated heterocycles.